The summed E-state index contributed by atoms with van der Waals surface area (Å²) in [5.41, 5.74) is 0.534. The molecule has 8 heteroatoms. The summed E-state index contributed by atoms with van der Waals surface area (Å²) < 4.78 is 26.0. The quantitative estimate of drug-likeness (QED) is 0.896. The van der Waals surface area contributed by atoms with Crippen LogP contribution in [0.5, 0.6) is 0 Å². The topological polar surface area (TPSA) is 79.4 Å². The second-order valence-corrected chi connectivity index (χ2v) is 8.57. The standard InChI is InChI=1S/C15H19N3O3S2/c1-10(2)18(4)23(20,21)13-7-5-12(6-8-13)17-15(19)14-9-16-11(3)22-14/h5-10H,1-4H3,(H,17,19). The molecule has 1 aromatic heterocycles. The minimum atomic E-state index is -3.52. The van der Waals surface area contributed by atoms with Crippen molar-refractivity contribution in [3.8, 4) is 0 Å². The van der Waals surface area contributed by atoms with Crippen LogP contribution in [0, 0.1) is 6.92 Å². The number of nitrogens with zero attached hydrogens (tertiary/aromatic N) is 2. The van der Waals surface area contributed by atoms with E-state index in [9.17, 15) is 13.2 Å². The fourth-order valence-electron chi connectivity index (χ4n) is 1.81. The third-order valence-electron chi connectivity index (χ3n) is 3.36. The van der Waals surface area contributed by atoms with Crippen molar-refractivity contribution in [3.05, 3.63) is 40.3 Å². The Morgan fingerprint density at radius 2 is 1.87 bits per heavy atom. The van der Waals surface area contributed by atoms with Gasteiger partial charge in [-0.2, -0.15) is 4.31 Å². The van der Waals surface area contributed by atoms with Crippen molar-refractivity contribution in [3.63, 3.8) is 0 Å². The van der Waals surface area contributed by atoms with Gasteiger partial charge in [0.2, 0.25) is 10.0 Å². The second kappa shape index (κ2) is 6.77. The number of nitrogens with one attached hydrogen (secondary N) is 1. The van der Waals surface area contributed by atoms with E-state index < -0.39 is 10.0 Å². The van der Waals surface area contributed by atoms with E-state index >= 15 is 0 Å². The SMILES string of the molecule is Cc1ncc(C(=O)Nc2ccc(S(=O)(=O)N(C)C(C)C)cc2)s1. The summed E-state index contributed by atoms with van der Waals surface area (Å²) >= 11 is 1.30. The molecule has 0 fully saturated rings. The van der Waals surface area contributed by atoms with Gasteiger partial charge < -0.3 is 5.32 Å². The van der Waals surface area contributed by atoms with Gasteiger partial charge in [-0.3, -0.25) is 4.79 Å². The molecule has 2 aromatic rings. The van der Waals surface area contributed by atoms with Crippen molar-refractivity contribution in [1.29, 1.82) is 0 Å². The van der Waals surface area contributed by atoms with Crippen LogP contribution in [0.4, 0.5) is 5.69 Å². The first-order valence-corrected chi connectivity index (χ1v) is 9.29. The van der Waals surface area contributed by atoms with Crippen LogP contribution in [0.25, 0.3) is 0 Å². The van der Waals surface area contributed by atoms with E-state index in [-0.39, 0.29) is 16.8 Å². The maximum Gasteiger partial charge on any atom is 0.267 e. The van der Waals surface area contributed by atoms with Gasteiger partial charge in [-0.1, -0.05) is 0 Å². The summed E-state index contributed by atoms with van der Waals surface area (Å²) in [6.45, 7) is 5.44. The lowest BCUT2D eigenvalue weighted by Gasteiger charge is -2.21. The summed E-state index contributed by atoms with van der Waals surface area (Å²) in [6.07, 6.45) is 1.52. The van der Waals surface area contributed by atoms with Gasteiger partial charge in [0.15, 0.2) is 0 Å². The molecule has 0 bridgehead atoms. The maximum atomic E-state index is 12.4. The van der Waals surface area contributed by atoms with E-state index in [2.05, 4.69) is 10.3 Å². The van der Waals surface area contributed by atoms with E-state index in [0.717, 1.165) is 5.01 Å². The average molecular weight is 353 g/mol. The Bertz CT molecular complexity index is 796. The molecule has 0 atom stereocenters. The van der Waals surface area contributed by atoms with Crippen molar-refractivity contribution >= 4 is 33.0 Å². The molecule has 0 radical (unpaired) electrons. The Morgan fingerprint density at radius 1 is 1.26 bits per heavy atom. The van der Waals surface area contributed by atoms with Gasteiger partial charge in [-0.05, 0) is 45.0 Å². The molecule has 1 N–H and O–H groups in total. The predicted octanol–water partition coefficient (Wildman–Crippen LogP) is 2.73. The van der Waals surface area contributed by atoms with Crippen LogP contribution >= 0.6 is 11.3 Å². The second-order valence-electron chi connectivity index (χ2n) is 5.34. The van der Waals surface area contributed by atoms with Gasteiger partial charge >= 0.3 is 0 Å². The molecule has 1 aromatic carbocycles. The van der Waals surface area contributed by atoms with Gasteiger partial charge in [0.25, 0.3) is 5.91 Å². The molecule has 0 aliphatic heterocycles. The molecule has 1 heterocycles. The number of hydrogen-bond donors (Lipinski definition) is 1. The smallest absolute Gasteiger partial charge is 0.267 e. The van der Waals surface area contributed by atoms with E-state index in [1.165, 1.54) is 34.0 Å². The summed E-state index contributed by atoms with van der Waals surface area (Å²) in [5, 5.41) is 3.54. The number of aryl methyl sites for hydroxylation is 1. The number of rotatable bonds is 5. The number of carbonyl (C=O) groups is 1. The zero-order valence-corrected chi connectivity index (χ0v) is 15.0. The largest absolute Gasteiger partial charge is 0.321 e. The lowest BCUT2D eigenvalue weighted by atomic mass is 10.3. The van der Waals surface area contributed by atoms with Crippen molar-refractivity contribution < 1.29 is 13.2 Å². The van der Waals surface area contributed by atoms with Crippen molar-refractivity contribution in [2.75, 3.05) is 12.4 Å². The monoisotopic (exact) mass is 353 g/mol. The van der Waals surface area contributed by atoms with Gasteiger partial charge in [0.1, 0.15) is 4.88 Å². The van der Waals surface area contributed by atoms with Gasteiger partial charge in [-0.25, -0.2) is 13.4 Å². The summed E-state index contributed by atoms with van der Waals surface area (Å²) in [5.74, 6) is -0.259. The zero-order valence-electron chi connectivity index (χ0n) is 13.4. The van der Waals surface area contributed by atoms with Crippen LogP contribution in [0.3, 0.4) is 0 Å². The molecule has 2 rings (SSSR count). The number of thiazole rings is 1. The van der Waals surface area contributed by atoms with E-state index in [1.54, 1.807) is 19.2 Å². The number of amides is 1. The number of benzene rings is 1. The lowest BCUT2D eigenvalue weighted by molar-refractivity contribution is 0.103. The molecule has 124 valence electrons. The third-order valence-corrected chi connectivity index (χ3v) is 6.32. The van der Waals surface area contributed by atoms with Crippen molar-refractivity contribution in [1.82, 2.24) is 9.29 Å². The number of sulfonamides is 1. The molecule has 0 aliphatic carbocycles. The fourth-order valence-corrected chi connectivity index (χ4v) is 3.85. The molecule has 0 unspecified atom stereocenters. The molecule has 1 amide bonds. The van der Waals surface area contributed by atoms with Crippen LogP contribution in [0.1, 0.15) is 28.5 Å². The summed E-state index contributed by atoms with van der Waals surface area (Å²) in [6, 6.07) is 6.00. The van der Waals surface area contributed by atoms with E-state index in [1.807, 2.05) is 20.8 Å². The number of aromatic nitrogens is 1. The number of hydrogen-bond acceptors (Lipinski definition) is 5. The number of anilines is 1. The van der Waals surface area contributed by atoms with Gasteiger partial charge in [0.05, 0.1) is 16.1 Å². The highest BCUT2D eigenvalue weighted by Gasteiger charge is 2.22. The van der Waals surface area contributed by atoms with Gasteiger partial charge in [0, 0.05) is 18.8 Å². The van der Waals surface area contributed by atoms with Crippen LogP contribution in [-0.2, 0) is 10.0 Å². The Morgan fingerprint density at radius 3 is 2.35 bits per heavy atom. The average Bonchev–Trinajstić information content (AvgIpc) is 2.93. The first-order chi connectivity index (χ1) is 10.7. The highest BCUT2D eigenvalue weighted by atomic mass is 32.2. The van der Waals surface area contributed by atoms with Crippen molar-refractivity contribution in [2.24, 2.45) is 0 Å². The minimum Gasteiger partial charge on any atom is -0.321 e. The normalized spacial score (nSPS) is 11.9. The van der Waals surface area contributed by atoms with E-state index in [0.29, 0.717) is 10.6 Å². The highest BCUT2D eigenvalue weighted by molar-refractivity contribution is 7.89. The summed E-state index contributed by atoms with van der Waals surface area (Å²) in [7, 11) is -1.98. The molecule has 0 saturated carbocycles. The third kappa shape index (κ3) is 3.95. The first kappa shape index (κ1) is 17.6. The van der Waals surface area contributed by atoms with E-state index in [4.69, 9.17) is 0 Å². The molecule has 0 saturated heterocycles. The molecule has 0 spiro atoms. The Balaban J connectivity index is 2.15. The lowest BCUT2D eigenvalue weighted by Crippen LogP contribution is -2.33. The molecule has 23 heavy (non-hydrogen) atoms. The predicted molar refractivity (Wildman–Crippen MR) is 91.3 cm³/mol. The Hall–Kier alpha value is -1.77. The van der Waals surface area contributed by atoms with Crippen LogP contribution in [0.2, 0.25) is 0 Å². The highest BCUT2D eigenvalue weighted by Crippen LogP contribution is 2.20. The Labute approximate surface area is 140 Å². The molecule has 6 nitrogen and oxygen atoms in total. The molecular formula is C15H19N3O3S2. The van der Waals surface area contributed by atoms with Crippen LogP contribution in [0.15, 0.2) is 35.4 Å². The zero-order chi connectivity index (χ0) is 17.2. The van der Waals surface area contributed by atoms with Crippen LogP contribution in [-0.4, -0.2) is 36.7 Å². The van der Waals surface area contributed by atoms with Crippen molar-refractivity contribution in [2.45, 2.75) is 31.7 Å². The maximum absolute atomic E-state index is 12.4. The summed E-state index contributed by atoms with van der Waals surface area (Å²) in [4.78, 5) is 16.8. The van der Waals surface area contributed by atoms with Gasteiger partial charge in [-0.15, -0.1) is 11.3 Å². The molecule has 0 aliphatic rings. The minimum absolute atomic E-state index is 0.131. The number of carbonyl (C=O) groups excluding carboxylic acids is 1. The first-order valence-electron chi connectivity index (χ1n) is 7.03. The Kier molecular flexibility index (Phi) is 5.18. The van der Waals surface area contributed by atoms with Crippen LogP contribution < -0.4 is 5.32 Å². The fraction of sp³-hybridized carbons (Fsp3) is 0.333. The molecular weight excluding hydrogens is 334 g/mol.